The second-order valence-corrected chi connectivity index (χ2v) is 7.13. The van der Waals surface area contributed by atoms with E-state index in [1.807, 2.05) is 0 Å². The smallest absolute Gasteiger partial charge is 0.00720 e. The van der Waals surface area contributed by atoms with Crippen LogP contribution in [-0.4, -0.2) is 37.6 Å². The van der Waals surface area contributed by atoms with Crippen LogP contribution in [0.3, 0.4) is 0 Å². The first-order valence-corrected chi connectivity index (χ1v) is 7.89. The highest BCUT2D eigenvalue weighted by Crippen LogP contribution is 2.17. The van der Waals surface area contributed by atoms with Crippen LogP contribution in [0.1, 0.15) is 53.4 Å². The average Bonchev–Trinajstić information content (AvgIpc) is 2.24. The second-order valence-electron chi connectivity index (χ2n) is 7.13. The minimum absolute atomic E-state index is 0.720. The van der Waals surface area contributed by atoms with Crippen molar-refractivity contribution in [2.24, 2.45) is 17.8 Å². The molecular weight excluding hydrogens is 220 g/mol. The third kappa shape index (κ3) is 6.75. The Hall–Kier alpha value is -0.0800. The molecule has 1 N–H and O–H groups in total. The van der Waals surface area contributed by atoms with Gasteiger partial charge in [-0.05, 0) is 63.6 Å². The number of hydrogen-bond donors (Lipinski definition) is 1. The number of nitrogens with one attached hydrogen (secondary N) is 1. The van der Waals surface area contributed by atoms with Crippen molar-refractivity contribution in [3.63, 3.8) is 0 Å². The minimum Gasteiger partial charge on any atom is -0.314 e. The highest BCUT2D eigenvalue weighted by molar-refractivity contribution is 4.76. The van der Waals surface area contributed by atoms with E-state index in [-0.39, 0.29) is 0 Å². The molecule has 1 aliphatic rings. The fraction of sp³-hybridized carbons (Fsp3) is 1.00. The summed E-state index contributed by atoms with van der Waals surface area (Å²) < 4.78 is 0. The molecule has 0 aromatic carbocycles. The minimum atomic E-state index is 0.720. The Morgan fingerprint density at radius 3 is 2.22 bits per heavy atom. The van der Waals surface area contributed by atoms with Gasteiger partial charge < -0.3 is 10.2 Å². The Morgan fingerprint density at radius 1 is 1.11 bits per heavy atom. The van der Waals surface area contributed by atoms with Crippen LogP contribution in [-0.2, 0) is 0 Å². The lowest BCUT2D eigenvalue weighted by Crippen LogP contribution is -2.41. The molecule has 1 aliphatic heterocycles. The summed E-state index contributed by atoms with van der Waals surface area (Å²) in [6, 6.07) is 0.720. The van der Waals surface area contributed by atoms with Gasteiger partial charge in [-0.3, -0.25) is 0 Å². The maximum atomic E-state index is 3.85. The topological polar surface area (TPSA) is 15.3 Å². The predicted molar refractivity (Wildman–Crippen MR) is 80.9 cm³/mol. The SMILES string of the molecule is CC(C)CC(CC(C)C)NCC1CCCN(C)C1. The van der Waals surface area contributed by atoms with Crippen LogP contribution in [0, 0.1) is 17.8 Å². The fourth-order valence-electron chi connectivity index (χ4n) is 3.17. The lowest BCUT2D eigenvalue weighted by Gasteiger charge is -2.32. The molecule has 0 radical (unpaired) electrons. The highest BCUT2D eigenvalue weighted by atomic mass is 15.1. The van der Waals surface area contributed by atoms with Crippen molar-refractivity contribution in [2.75, 3.05) is 26.7 Å². The molecule has 18 heavy (non-hydrogen) atoms. The molecule has 108 valence electrons. The number of piperidine rings is 1. The fourth-order valence-corrected chi connectivity index (χ4v) is 3.17. The van der Waals surface area contributed by atoms with Gasteiger partial charge >= 0.3 is 0 Å². The molecule has 1 atom stereocenters. The number of likely N-dealkylation sites (tertiary alicyclic amines) is 1. The molecule has 0 aliphatic carbocycles. The second kappa shape index (κ2) is 8.16. The van der Waals surface area contributed by atoms with Gasteiger partial charge in [-0.15, -0.1) is 0 Å². The van der Waals surface area contributed by atoms with Crippen molar-refractivity contribution >= 4 is 0 Å². The molecule has 0 spiro atoms. The zero-order valence-electron chi connectivity index (χ0n) is 13.2. The highest BCUT2D eigenvalue weighted by Gasteiger charge is 2.19. The van der Waals surface area contributed by atoms with Crippen LogP contribution in [0.2, 0.25) is 0 Å². The zero-order chi connectivity index (χ0) is 13.5. The van der Waals surface area contributed by atoms with Crippen molar-refractivity contribution in [3.8, 4) is 0 Å². The molecular formula is C16H34N2. The van der Waals surface area contributed by atoms with Crippen LogP contribution < -0.4 is 5.32 Å². The van der Waals surface area contributed by atoms with Crippen LogP contribution in [0.5, 0.6) is 0 Å². The van der Waals surface area contributed by atoms with Gasteiger partial charge in [0.25, 0.3) is 0 Å². The molecule has 1 rings (SSSR count). The third-order valence-corrected chi connectivity index (χ3v) is 3.93. The van der Waals surface area contributed by atoms with E-state index in [2.05, 4.69) is 45.0 Å². The molecule has 2 heteroatoms. The first-order chi connectivity index (χ1) is 8.47. The van der Waals surface area contributed by atoms with E-state index in [0.29, 0.717) is 0 Å². The number of nitrogens with zero attached hydrogens (tertiary/aromatic N) is 1. The predicted octanol–water partition coefficient (Wildman–Crippen LogP) is 3.38. The number of hydrogen-bond acceptors (Lipinski definition) is 2. The maximum Gasteiger partial charge on any atom is 0.00720 e. The summed E-state index contributed by atoms with van der Waals surface area (Å²) in [5.74, 6) is 2.47. The molecule has 2 nitrogen and oxygen atoms in total. The Kier molecular flexibility index (Phi) is 7.25. The summed E-state index contributed by atoms with van der Waals surface area (Å²) in [4.78, 5) is 2.48. The lowest BCUT2D eigenvalue weighted by molar-refractivity contribution is 0.198. The van der Waals surface area contributed by atoms with Gasteiger partial charge in [0.15, 0.2) is 0 Å². The summed E-state index contributed by atoms with van der Waals surface area (Å²) in [5.41, 5.74) is 0. The van der Waals surface area contributed by atoms with Crippen molar-refractivity contribution in [1.82, 2.24) is 10.2 Å². The van der Waals surface area contributed by atoms with Gasteiger partial charge in [-0.2, -0.15) is 0 Å². The van der Waals surface area contributed by atoms with Gasteiger partial charge in [-0.25, -0.2) is 0 Å². The molecule has 1 heterocycles. The molecule has 1 unspecified atom stereocenters. The largest absolute Gasteiger partial charge is 0.314 e. The average molecular weight is 254 g/mol. The van der Waals surface area contributed by atoms with Crippen molar-refractivity contribution < 1.29 is 0 Å². The molecule has 0 aromatic rings. The van der Waals surface area contributed by atoms with Crippen molar-refractivity contribution in [3.05, 3.63) is 0 Å². The lowest BCUT2D eigenvalue weighted by atomic mass is 9.93. The van der Waals surface area contributed by atoms with E-state index < -0.39 is 0 Å². The molecule has 0 aromatic heterocycles. The van der Waals surface area contributed by atoms with Gasteiger partial charge in [0.1, 0.15) is 0 Å². The van der Waals surface area contributed by atoms with Crippen molar-refractivity contribution in [1.29, 1.82) is 0 Å². The normalized spacial score (nSPS) is 22.3. The quantitative estimate of drug-likeness (QED) is 0.749. The maximum absolute atomic E-state index is 3.85. The molecule has 0 amide bonds. The van der Waals surface area contributed by atoms with Crippen molar-refractivity contribution in [2.45, 2.75) is 59.4 Å². The summed E-state index contributed by atoms with van der Waals surface area (Å²) in [6.45, 7) is 13.1. The van der Waals surface area contributed by atoms with E-state index in [0.717, 1.165) is 23.8 Å². The van der Waals surface area contributed by atoms with E-state index >= 15 is 0 Å². The van der Waals surface area contributed by atoms with Crippen LogP contribution in [0.25, 0.3) is 0 Å². The van der Waals surface area contributed by atoms with Crippen LogP contribution >= 0.6 is 0 Å². The molecule has 0 saturated carbocycles. The third-order valence-electron chi connectivity index (χ3n) is 3.93. The Balaban J connectivity index is 2.30. The zero-order valence-corrected chi connectivity index (χ0v) is 13.2. The first-order valence-electron chi connectivity index (χ1n) is 7.89. The Labute approximate surface area is 115 Å². The summed E-state index contributed by atoms with van der Waals surface area (Å²) in [7, 11) is 2.26. The van der Waals surface area contributed by atoms with E-state index in [1.165, 1.54) is 45.3 Å². The summed E-state index contributed by atoms with van der Waals surface area (Å²) in [6.07, 6.45) is 5.43. The van der Waals surface area contributed by atoms with E-state index in [4.69, 9.17) is 0 Å². The number of rotatable bonds is 7. The summed E-state index contributed by atoms with van der Waals surface area (Å²) >= 11 is 0. The molecule has 1 saturated heterocycles. The summed E-state index contributed by atoms with van der Waals surface area (Å²) in [5, 5.41) is 3.85. The van der Waals surface area contributed by atoms with Crippen LogP contribution in [0.15, 0.2) is 0 Å². The van der Waals surface area contributed by atoms with Crippen LogP contribution in [0.4, 0.5) is 0 Å². The monoisotopic (exact) mass is 254 g/mol. The standard InChI is InChI=1S/C16H34N2/c1-13(2)9-16(10-14(3)4)17-11-15-7-6-8-18(5)12-15/h13-17H,6-12H2,1-5H3. The van der Waals surface area contributed by atoms with Gasteiger partial charge in [0, 0.05) is 12.6 Å². The van der Waals surface area contributed by atoms with E-state index in [1.54, 1.807) is 0 Å². The first kappa shape index (κ1) is 16.0. The van der Waals surface area contributed by atoms with E-state index in [9.17, 15) is 0 Å². The Bertz CT molecular complexity index is 203. The van der Waals surface area contributed by atoms with Gasteiger partial charge in [0.05, 0.1) is 0 Å². The van der Waals surface area contributed by atoms with Gasteiger partial charge in [0.2, 0.25) is 0 Å². The van der Waals surface area contributed by atoms with Gasteiger partial charge in [-0.1, -0.05) is 27.7 Å². The Morgan fingerprint density at radius 2 is 1.72 bits per heavy atom. The molecule has 1 fully saturated rings. The molecule has 0 bridgehead atoms.